The molecule has 107 valence electrons. The van der Waals surface area contributed by atoms with Gasteiger partial charge in [0, 0.05) is 0 Å². The van der Waals surface area contributed by atoms with Crippen LogP contribution in [0.5, 0.6) is 0 Å². The minimum Gasteiger partial charge on any atom is -0.0771 e. The summed E-state index contributed by atoms with van der Waals surface area (Å²) in [4.78, 5) is 0. The molecule has 0 fully saturated rings. The van der Waals surface area contributed by atoms with E-state index in [-0.39, 0.29) is 7.61 Å². The van der Waals surface area contributed by atoms with E-state index in [1.165, 1.54) is 18.5 Å². The highest BCUT2D eigenvalue weighted by molar-refractivity contribution is 8.45. The summed E-state index contributed by atoms with van der Waals surface area (Å²) in [6.45, 7) is 5.93. The second-order valence-corrected chi connectivity index (χ2v) is 14.1. The predicted molar refractivity (Wildman–Crippen MR) is 97.6 cm³/mol. The number of benzene rings is 2. The molecule has 0 unspecified atom stereocenters. The fourth-order valence-electron chi connectivity index (χ4n) is 3.10. The minimum atomic E-state index is -1.23. The summed E-state index contributed by atoms with van der Waals surface area (Å²) < 4.78 is 0. The summed E-state index contributed by atoms with van der Waals surface area (Å²) in [5.74, 6) is 0. The van der Waals surface area contributed by atoms with Crippen LogP contribution in [0.4, 0.5) is 0 Å². The van der Waals surface area contributed by atoms with Crippen molar-refractivity contribution in [2.24, 2.45) is 0 Å². The molecule has 0 nitrogen and oxygen atoms in total. The van der Waals surface area contributed by atoms with E-state index < -0.39 is 6.95 Å². The van der Waals surface area contributed by atoms with Crippen LogP contribution in [0.15, 0.2) is 60.7 Å². The van der Waals surface area contributed by atoms with Crippen molar-refractivity contribution in [3.8, 4) is 0 Å². The molecule has 0 aliphatic heterocycles. The number of hydrogen-bond donors (Lipinski definition) is 0. The van der Waals surface area contributed by atoms with Crippen LogP contribution in [-0.4, -0.2) is 18.5 Å². The maximum atomic E-state index is 2.40. The maximum absolute atomic E-state index is 2.40. The molecule has 0 aromatic heterocycles. The molecular weight excluding hydrogens is 278 g/mol. The SMILES string of the molecule is CCP(CC)[P](CC)(c1ccccc1)c1ccccc1. The van der Waals surface area contributed by atoms with Crippen molar-refractivity contribution in [3.63, 3.8) is 0 Å². The van der Waals surface area contributed by atoms with Gasteiger partial charge in [-0.1, -0.05) is 89.0 Å². The largest absolute Gasteiger partial charge is 0.0771 e. The average Bonchev–Trinajstić information content (AvgIpc) is 2.54. The Morgan fingerprint density at radius 3 is 1.40 bits per heavy atom. The van der Waals surface area contributed by atoms with E-state index in [9.17, 15) is 0 Å². The first-order valence-corrected chi connectivity index (χ1v) is 11.9. The summed E-state index contributed by atoms with van der Waals surface area (Å²) in [5, 5.41) is 3.20. The van der Waals surface area contributed by atoms with Crippen molar-refractivity contribution in [2.75, 3.05) is 18.5 Å². The van der Waals surface area contributed by atoms with E-state index in [1.807, 2.05) is 0 Å². The van der Waals surface area contributed by atoms with Crippen LogP contribution in [0.2, 0.25) is 0 Å². The van der Waals surface area contributed by atoms with Crippen LogP contribution in [0.1, 0.15) is 20.8 Å². The van der Waals surface area contributed by atoms with Crippen molar-refractivity contribution >= 4 is 25.2 Å². The van der Waals surface area contributed by atoms with Crippen LogP contribution in [0, 0.1) is 0 Å². The second kappa shape index (κ2) is 7.35. The molecular formula is C18H25P2. The fourth-order valence-corrected chi connectivity index (χ4v) is 14.8. The molecule has 20 heavy (non-hydrogen) atoms. The molecule has 1 radical (unpaired) electrons. The third-order valence-electron chi connectivity index (χ3n) is 4.04. The molecule has 0 amide bonds. The predicted octanol–water partition coefficient (Wildman–Crippen LogP) is 5.11. The Morgan fingerprint density at radius 1 is 0.700 bits per heavy atom. The molecule has 2 rings (SSSR count). The van der Waals surface area contributed by atoms with Crippen molar-refractivity contribution < 1.29 is 0 Å². The summed E-state index contributed by atoms with van der Waals surface area (Å²) in [6, 6.07) is 22.6. The second-order valence-electron chi connectivity index (χ2n) is 4.90. The molecule has 0 aliphatic carbocycles. The van der Waals surface area contributed by atoms with Gasteiger partial charge < -0.3 is 0 Å². The van der Waals surface area contributed by atoms with Crippen molar-refractivity contribution in [2.45, 2.75) is 20.8 Å². The van der Waals surface area contributed by atoms with Crippen LogP contribution in [0.3, 0.4) is 0 Å². The molecule has 2 heteroatoms. The number of hydrogen-bond acceptors (Lipinski definition) is 0. The minimum absolute atomic E-state index is 0.0545. The lowest BCUT2D eigenvalue weighted by atomic mass is 10.4. The summed E-state index contributed by atoms with van der Waals surface area (Å²) in [6.07, 6.45) is 3.95. The van der Waals surface area contributed by atoms with Gasteiger partial charge in [0.15, 0.2) is 0 Å². The molecule has 2 aromatic rings. The van der Waals surface area contributed by atoms with E-state index in [1.54, 1.807) is 10.6 Å². The Kier molecular flexibility index (Phi) is 5.76. The smallest absolute Gasteiger partial charge is 0.0198 e. The zero-order valence-corrected chi connectivity index (χ0v) is 14.6. The fraction of sp³-hybridized carbons (Fsp3) is 0.333. The molecule has 0 aliphatic rings. The van der Waals surface area contributed by atoms with E-state index >= 15 is 0 Å². The van der Waals surface area contributed by atoms with Gasteiger partial charge in [0.25, 0.3) is 0 Å². The summed E-state index contributed by atoms with van der Waals surface area (Å²) >= 11 is 0. The third kappa shape index (κ3) is 2.83. The number of rotatable bonds is 6. The van der Waals surface area contributed by atoms with Crippen LogP contribution >= 0.6 is 14.6 Å². The first kappa shape index (κ1) is 15.7. The lowest BCUT2D eigenvalue weighted by Gasteiger charge is -2.43. The molecule has 0 bridgehead atoms. The molecule has 0 atom stereocenters. The summed E-state index contributed by atoms with van der Waals surface area (Å²) in [5.41, 5.74) is 0. The molecule has 0 spiro atoms. The first-order chi connectivity index (χ1) is 9.79. The van der Waals surface area contributed by atoms with E-state index in [0.29, 0.717) is 0 Å². The van der Waals surface area contributed by atoms with Gasteiger partial charge in [0.1, 0.15) is 0 Å². The van der Waals surface area contributed by atoms with Gasteiger partial charge in [0.05, 0.1) is 0 Å². The zero-order valence-electron chi connectivity index (χ0n) is 12.8. The standard InChI is InChI=1S/C18H25P2/c1-4-19(5-2)20(6-3,17-13-9-7-10-14-17)18-15-11-8-12-16-18/h7-16H,4-6H2,1-3H3. The highest BCUT2D eigenvalue weighted by Crippen LogP contribution is 2.81. The highest BCUT2D eigenvalue weighted by Gasteiger charge is 2.35. The Hall–Kier alpha value is -0.700. The molecule has 0 saturated carbocycles. The zero-order chi connectivity index (χ0) is 14.4. The van der Waals surface area contributed by atoms with E-state index in [2.05, 4.69) is 81.4 Å². The molecule has 0 N–H and O–H groups in total. The third-order valence-corrected chi connectivity index (χ3v) is 16.5. The van der Waals surface area contributed by atoms with Crippen LogP contribution < -0.4 is 10.6 Å². The molecule has 0 heterocycles. The quantitative estimate of drug-likeness (QED) is 0.650. The summed E-state index contributed by atoms with van der Waals surface area (Å²) in [7, 11) is 0.0545. The van der Waals surface area contributed by atoms with E-state index in [4.69, 9.17) is 0 Å². The van der Waals surface area contributed by atoms with Gasteiger partial charge in [-0.15, -0.1) is 0 Å². The first-order valence-electron chi connectivity index (χ1n) is 7.54. The Labute approximate surface area is 125 Å². The van der Waals surface area contributed by atoms with Crippen molar-refractivity contribution in [1.82, 2.24) is 0 Å². The molecule has 0 saturated heterocycles. The van der Waals surface area contributed by atoms with Gasteiger partial charge in [-0.3, -0.25) is 0 Å². The van der Waals surface area contributed by atoms with Gasteiger partial charge >= 0.3 is 0 Å². The van der Waals surface area contributed by atoms with Gasteiger partial charge in [-0.05, 0) is 36.0 Å². The monoisotopic (exact) mass is 303 g/mol. The molecule has 2 aromatic carbocycles. The lowest BCUT2D eigenvalue weighted by Crippen LogP contribution is -2.23. The van der Waals surface area contributed by atoms with Crippen LogP contribution in [-0.2, 0) is 0 Å². The highest BCUT2D eigenvalue weighted by atomic mass is 32.1. The Morgan fingerprint density at radius 2 is 1.10 bits per heavy atom. The van der Waals surface area contributed by atoms with Gasteiger partial charge in [-0.25, -0.2) is 0 Å². The topological polar surface area (TPSA) is 0 Å². The van der Waals surface area contributed by atoms with Crippen molar-refractivity contribution in [3.05, 3.63) is 60.7 Å². The maximum Gasteiger partial charge on any atom is -0.0198 e. The van der Waals surface area contributed by atoms with Gasteiger partial charge in [0.2, 0.25) is 0 Å². The van der Waals surface area contributed by atoms with Crippen molar-refractivity contribution in [1.29, 1.82) is 0 Å². The van der Waals surface area contributed by atoms with Gasteiger partial charge in [-0.2, -0.15) is 0 Å². The Bertz CT molecular complexity index is 464. The average molecular weight is 303 g/mol. The van der Waals surface area contributed by atoms with E-state index in [0.717, 1.165) is 0 Å². The Balaban J connectivity index is 2.64. The normalized spacial score (nSPS) is 11.8. The lowest BCUT2D eigenvalue weighted by molar-refractivity contribution is 1.42. The van der Waals surface area contributed by atoms with Crippen LogP contribution in [0.25, 0.3) is 0 Å².